The molecule has 1 unspecified atom stereocenters. The van der Waals surface area contributed by atoms with E-state index in [1.54, 1.807) is 12.1 Å². The number of ether oxygens (including phenoxy) is 1. The van der Waals surface area contributed by atoms with Crippen molar-refractivity contribution in [2.45, 2.75) is 12.5 Å². The molecule has 0 spiro atoms. The molecule has 2 aromatic carbocycles. The smallest absolute Gasteiger partial charge is 0.179 e. The third kappa shape index (κ3) is 3.08. The first kappa shape index (κ1) is 14.1. The lowest BCUT2D eigenvalue weighted by atomic mass is 10.0. The molecule has 0 amide bonds. The van der Waals surface area contributed by atoms with Crippen LogP contribution in [-0.2, 0) is 11.2 Å². The van der Waals surface area contributed by atoms with Gasteiger partial charge >= 0.3 is 0 Å². The zero-order chi connectivity index (χ0) is 14.8. The van der Waals surface area contributed by atoms with Crippen LogP contribution in [-0.4, -0.2) is 18.4 Å². The maximum atomic E-state index is 13.7. The highest BCUT2D eigenvalue weighted by Gasteiger charge is 2.26. The predicted molar refractivity (Wildman–Crippen MR) is 82.2 cm³/mol. The fourth-order valence-electron chi connectivity index (χ4n) is 2.27. The molecule has 0 radical (unpaired) electrons. The van der Waals surface area contributed by atoms with E-state index in [1.165, 1.54) is 6.07 Å². The van der Waals surface area contributed by atoms with Crippen LogP contribution in [0.4, 0.5) is 10.1 Å². The largest absolute Gasteiger partial charge is 0.479 e. The number of nitrogens with one attached hydrogen (secondary N) is 1. The maximum Gasteiger partial charge on any atom is 0.179 e. The Balaban J connectivity index is 1.74. The molecular weight excluding hydrogens is 337 g/mol. The zero-order valence-corrected chi connectivity index (χ0v) is 12.7. The van der Waals surface area contributed by atoms with Gasteiger partial charge in [-0.2, -0.15) is 0 Å². The Bertz CT molecular complexity index is 690. The highest BCUT2D eigenvalue weighted by atomic mass is 79.9. The molecule has 1 aliphatic heterocycles. The van der Waals surface area contributed by atoms with E-state index in [1.807, 2.05) is 24.3 Å². The first-order valence-corrected chi connectivity index (χ1v) is 7.39. The van der Waals surface area contributed by atoms with Crippen molar-refractivity contribution < 1.29 is 13.9 Å². The van der Waals surface area contributed by atoms with Crippen molar-refractivity contribution in [1.29, 1.82) is 0 Å². The van der Waals surface area contributed by atoms with E-state index in [0.717, 1.165) is 10.2 Å². The standard InChI is InChI=1S/C16H13BrFNO2/c17-11-5-6-12(18)10(7-11)8-14(20)16-9-19-13-3-1-2-4-15(13)21-16/h1-7,16,19H,8-9H2. The fourth-order valence-corrected chi connectivity index (χ4v) is 2.68. The minimum Gasteiger partial charge on any atom is -0.479 e. The van der Waals surface area contributed by atoms with Crippen molar-refractivity contribution in [3.8, 4) is 5.75 Å². The van der Waals surface area contributed by atoms with Crippen LogP contribution in [0.1, 0.15) is 5.56 Å². The van der Waals surface area contributed by atoms with Crippen LogP contribution < -0.4 is 10.1 Å². The summed E-state index contributed by atoms with van der Waals surface area (Å²) in [6.07, 6.45) is -0.585. The molecular formula is C16H13BrFNO2. The van der Waals surface area contributed by atoms with E-state index in [0.29, 0.717) is 17.9 Å². The normalized spacial score (nSPS) is 16.6. The number of halogens is 2. The van der Waals surface area contributed by atoms with Crippen LogP contribution in [0.15, 0.2) is 46.9 Å². The molecule has 0 aromatic heterocycles. The molecule has 1 N–H and O–H groups in total. The second kappa shape index (κ2) is 5.85. The molecule has 0 fully saturated rings. The number of carbonyl (C=O) groups excluding carboxylic acids is 1. The van der Waals surface area contributed by atoms with Crippen molar-refractivity contribution in [2.24, 2.45) is 0 Å². The predicted octanol–water partition coefficient (Wildman–Crippen LogP) is 3.57. The van der Waals surface area contributed by atoms with Gasteiger partial charge in [0.25, 0.3) is 0 Å². The lowest BCUT2D eigenvalue weighted by Gasteiger charge is -2.26. The molecule has 3 rings (SSSR count). The van der Waals surface area contributed by atoms with Crippen molar-refractivity contribution in [3.05, 3.63) is 58.3 Å². The number of hydrogen-bond acceptors (Lipinski definition) is 3. The summed E-state index contributed by atoms with van der Waals surface area (Å²) in [5.41, 5.74) is 1.24. The maximum absolute atomic E-state index is 13.7. The number of ketones is 1. The topological polar surface area (TPSA) is 38.3 Å². The molecule has 0 aliphatic carbocycles. The van der Waals surface area contributed by atoms with E-state index in [4.69, 9.17) is 4.74 Å². The average Bonchev–Trinajstić information content (AvgIpc) is 2.50. The van der Waals surface area contributed by atoms with Crippen molar-refractivity contribution in [2.75, 3.05) is 11.9 Å². The van der Waals surface area contributed by atoms with Crippen molar-refractivity contribution >= 4 is 27.4 Å². The molecule has 108 valence electrons. The van der Waals surface area contributed by atoms with Gasteiger partial charge in [0.15, 0.2) is 11.9 Å². The van der Waals surface area contributed by atoms with E-state index in [-0.39, 0.29) is 18.0 Å². The number of benzene rings is 2. The minimum atomic E-state index is -0.599. The van der Waals surface area contributed by atoms with Gasteiger partial charge in [0, 0.05) is 10.9 Å². The molecule has 1 aliphatic rings. The second-order valence-electron chi connectivity index (χ2n) is 4.86. The van der Waals surface area contributed by atoms with Crippen molar-refractivity contribution in [3.63, 3.8) is 0 Å². The van der Waals surface area contributed by atoms with E-state index < -0.39 is 6.10 Å². The summed E-state index contributed by atoms with van der Waals surface area (Å²) in [6, 6.07) is 12.0. The fraction of sp³-hybridized carbons (Fsp3) is 0.188. The van der Waals surface area contributed by atoms with Crippen LogP contribution in [0.2, 0.25) is 0 Å². The third-order valence-corrected chi connectivity index (χ3v) is 3.86. The summed E-state index contributed by atoms with van der Waals surface area (Å²) in [6.45, 7) is 0.394. The number of hydrogen-bond donors (Lipinski definition) is 1. The van der Waals surface area contributed by atoms with E-state index in [9.17, 15) is 9.18 Å². The van der Waals surface area contributed by atoms with Gasteiger partial charge in [0.1, 0.15) is 11.6 Å². The summed E-state index contributed by atoms with van der Waals surface area (Å²) in [7, 11) is 0. The van der Waals surface area contributed by atoms with Gasteiger partial charge in [0.05, 0.1) is 12.2 Å². The first-order chi connectivity index (χ1) is 10.1. The van der Waals surface area contributed by atoms with Gasteiger partial charge in [0.2, 0.25) is 0 Å². The first-order valence-electron chi connectivity index (χ1n) is 6.59. The Morgan fingerprint density at radius 2 is 2.14 bits per heavy atom. The summed E-state index contributed by atoms with van der Waals surface area (Å²) < 4.78 is 20.1. The summed E-state index contributed by atoms with van der Waals surface area (Å²) in [5, 5.41) is 3.16. The minimum absolute atomic E-state index is 0.0137. The highest BCUT2D eigenvalue weighted by molar-refractivity contribution is 9.10. The summed E-state index contributed by atoms with van der Waals surface area (Å²) in [5.74, 6) is 0.126. The zero-order valence-electron chi connectivity index (χ0n) is 11.1. The SMILES string of the molecule is O=C(Cc1cc(Br)ccc1F)C1CNc2ccccc2O1. The Kier molecular flexibility index (Phi) is 3.92. The van der Waals surface area contributed by atoms with Crippen LogP contribution in [0, 0.1) is 5.82 Å². The summed E-state index contributed by atoms with van der Waals surface area (Å²) in [4.78, 5) is 12.3. The van der Waals surface area contributed by atoms with Gasteiger partial charge in [-0.25, -0.2) is 4.39 Å². The van der Waals surface area contributed by atoms with Gasteiger partial charge in [-0.3, -0.25) is 4.79 Å². The van der Waals surface area contributed by atoms with Crippen LogP contribution in [0.25, 0.3) is 0 Å². The van der Waals surface area contributed by atoms with Crippen molar-refractivity contribution in [1.82, 2.24) is 0 Å². The average molecular weight is 350 g/mol. The number of para-hydroxylation sites is 2. The third-order valence-electron chi connectivity index (χ3n) is 3.37. The molecule has 0 bridgehead atoms. The number of carbonyl (C=O) groups is 1. The second-order valence-corrected chi connectivity index (χ2v) is 5.78. The molecule has 3 nitrogen and oxygen atoms in total. The molecule has 1 heterocycles. The lowest BCUT2D eigenvalue weighted by Crippen LogP contribution is -2.38. The van der Waals surface area contributed by atoms with Crippen LogP contribution >= 0.6 is 15.9 Å². The molecule has 5 heteroatoms. The van der Waals surface area contributed by atoms with Gasteiger partial charge in [-0.1, -0.05) is 28.1 Å². The number of fused-ring (bicyclic) bond motifs is 1. The Morgan fingerprint density at radius 3 is 3.00 bits per heavy atom. The number of anilines is 1. The Hall–Kier alpha value is -1.88. The lowest BCUT2D eigenvalue weighted by molar-refractivity contribution is -0.124. The molecule has 0 saturated carbocycles. The molecule has 1 atom stereocenters. The van der Waals surface area contributed by atoms with Crippen LogP contribution in [0.5, 0.6) is 5.75 Å². The van der Waals surface area contributed by atoms with Crippen LogP contribution in [0.3, 0.4) is 0 Å². The highest BCUT2D eigenvalue weighted by Crippen LogP contribution is 2.28. The Morgan fingerprint density at radius 1 is 1.33 bits per heavy atom. The molecule has 0 saturated heterocycles. The van der Waals surface area contributed by atoms with Gasteiger partial charge < -0.3 is 10.1 Å². The van der Waals surface area contributed by atoms with E-state index >= 15 is 0 Å². The molecule has 2 aromatic rings. The number of Topliss-reactive ketones (excluding diaryl/α,β-unsaturated/α-hetero) is 1. The Labute approximate surface area is 130 Å². The quantitative estimate of drug-likeness (QED) is 0.920. The van der Waals surface area contributed by atoms with Gasteiger partial charge in [-0.05, 0) is 35.9 Å². The number of rotatable bonds is 3. The van der Waals surface area contributed by atoms with Gasteiger partial charge in [-0.15, -0.1) is 0 Å². The molecule has 21 heavy (non-hydrogen) atoms. The monoisotopic (exact) mass is 349 g/mol. The summed E-state index contributed by atoms with van der Waals surface area (Å²) >= 11 is 3.28. The van der Waals surface area contributed by atoms with E-state index in [2.05, 4.69) is 21.2 Å².